The van der Waals surface area contributed by atoms with Crippen LogP contribution in [0.2, 0.25) is 0 Å². The SMILES string of the molecule is CCc1ccc(S(=O)(=O)Nc2ccc(NC3CCCC3)cn2)cc1. The molecule has 1 aliphatic carbocycles. The predicted molar refractivity (Wildman–Crippen MR) is 96.7 cm³/mol. The molecule has 1 aromatic heterocycles. The Bertz CT molecular complexity index is 765. The average molecular weight is 345 g/mol. The van der Waals surface area contributed by atoms with Gasteiger partial charge >= 0.3 is 0 Å². The van der Waals surface area contributed by atoms with E-state index in [0.717, 1.165) is 17.7 Å². The summed E-state index contributed by atoms with van der Waals surface area (Å²) in [5, 5.41) is 3.44. The molecule has 0 atom stereocenters. The third kappa shape index (κ3) is 4.06. The van der Waals surface area contributed by atoms with Gasteiger partial charge in [0.1, 0.15) is 5.82 Å². The number of aryl methyl sites for hydroxylation is 1. The molecule has 6 heteroatoms. The zero-order valence-corrected chi connectivity index (χ0v) is 14.6. The maximum absolute atomic E-state index is 12.4. The van der Waals surface area contributed by atoms with Crippen LogP contribution >= 0.6 is 0 Å². The molecule has 0 saturated heterocycles. The van der Waals surface area contributed by atoms with Gasteiger partial charge in [-0.25, -0.2) is 13.4 Å². The average Bonchev–Trinajstić information content (AvgIpc) is 3.09. The standard InChI is InChI=1S/C18H23N3O2S/c1-2-14-7-10-17(11-8-14)24(22,23)21-18-12-9-16(13-19-18)20-15-5-3-4-6-15/h7-13,15,20H,2-6H2,1H3,(H,19,21). The number of benzene rings is 1. The smallest absolute Gasteiger partial charge is 0.263 e. The van der Waals surface area contributed by atoms with Gasteiger partial charge in [0.05, 0.1) is 16.8 Å². The summed E-state index contributed by atoms with van der Waals surface area (Å²) in [6.45, 7) is 2.03. The topological polar surface area (TPSA) is 71.1 Å². The van der Waals surface area contributed by atoms with Crippen LogP contribution in [0.5, 0.6) is 0 Å². The highest BCUT2D eigenvalue weighted by Gasteiger charge is 2.16. The lowest BCUT2D eigenvalue weighted by molar-refractivity contribution is 0.601. The third-order valence-electron chi connectivity index (χ3n) is 4.37. The number of hydrogen-bond donors (Lipinski definition) is 2. The van der Waals surface area contributed by atoms with E-state index in [1.54, 1.807) is 24.4 Å². The van der Waals surface area contributed by atoms with Crippen molar-refractivity contribution in [1.29, 1.82) is 0 Å². The van der Waals surface area contributed by atoms with E-state index in [2.05, 4.69) is 15.0 Å². The summed E-state index contributed by atoms with van der Waals surface area (Å²) in [5.74, 6) is 0.325. The van der Waals surface area contributed by atoms with Crippen molar-refractivity contribution in [3.8, 4) is 0 Å². The van der Waals surface area contributed by atoms with Gasteiger partial charge in [-0.3, -0.25) is 4.72 Å². The lowest BCUT2D eigenvalue weighted by Gasteiger charge is -2.13. The second-order valence-electron chi connectivity index (χ2n) is 6.16. The Kier molecular flexibility index (Phi) is 5.04. The van der Waals surface area contributed by atoms with Gasteiger partial charge in [0.15, 0.2) is 0 Å². The Balaban J connectivity index is 1.67. The van der Waals surface area contributed by atoms with E-state index < -0.39 is 10.0 Å². The molecule has 1 saturated carbocycles. The molecule has 0 bridgehead atoms. The van der Waals surface area contributed by atoms with Crippen molar-refractivity contribution < 1.29 is 8.42 Å². The zero-order valence-electron chi connectivity index (χ0n) is 13.8. The molecule has 1 aromatic carbocycles. The van der Waals surface area contributed by atoms with Crippen LogP contribution < -0.4 is 10.0 Å². The number of aromatic nitrogens is 1. The minimum atomic E-state index is -3.61. The number of rotatable bonds is 6. The first-order chi connectivity index (χ1) is 11.6. The second kappa shape index (κ2) is 7.21. The molecule has 0 radical (unpaired) electrons. The van der Waals surface area contributed by atoms with Gasteiger partial charge in [-0.15, -0.1) is 0 Å². The summed E-state index contributed by atoms with van der Waals surface area (Å²) >= 11 is 0. The van der Waals surface area contributed by atoms with Crippen LogP contribution in [0.3, 0.4) is 0 Å². The van der Waals surface area contributed by atoms with Gasteiger partial charge in [0.25, 0.3) is 10.0 Å². The largest absolute Gasteiger partial charge is 0.381 e. The van der Waals surface area contributed by atoms with Gasteiger partial charge in [-0.05, 0) is 49.1 Å². The van der Waals surface area contributed by atoms with Crippen LogP contribution in [-0.4, -0.2) is 19.4 Å². The summed E-state index contributed by atoms with van der Waals surface area (Å²) in [5.41, 5.74) is 2.03. The molecule has 0 amide bonds. The van der Waals surface area contributed by atoms with Crippen molar-refractivity contribution in [3.63, 3.8) is 0 Å². The minimum Gasteiger partial charge on any atom is -0.381 e. The highest BCUT2D eigenvalue weighted by molar-refractivity contribution is 7.92. The number of hydrogen-bond acceptors (Lipinski definition) is 4. The second-order valence-corrected chi connectivity index (χ2v) is 7.84. The molecule has 1 fully saturated rings. The molecular formula is C18H23N3O2S. The number of sulfonamides is 1. The summed E-state index contributed by atoms with van der Waals surface area (Å²) in [4.78, 5) is 4.46. The van der Waals surface area contributed by atoms with E-state index in [1.165, 1.54) is 25.7 Å². The Morgan fingerprint density at radius 3 is 2.38 bits per heavy atom. The Morgan fingerprint density at radius 2 is 1.79 bits per heavy atom. The minimum absolute atomic E-state index is 0.245. The molecule has 3 rings (SSSR count). The summed E-state index contributed by atoms with van der Waals surface area (Å²) in [6.07, 6.45) is 7.45. The predicted octanol–water partition coefficient (Wildman–Crippen LogP) is 3.80. The number of nitrogens with zero attached hydrogens (tertiary/aromatic N) is 1. The first kappa shape index (κ1) is 16.8. The highest BCUT2D eigenvalue weighted by atomic mass is 32.2. The molecule has 0 spiro atoms. The van der Waals surface area contributed by atoms with Crippen molar-refractivity contribution in [2.75, 3.05) is 10.0 Å². The van der Waals surface area contributed by atoms with E-state index in [9.17, 15) is 8.42 Å². The Labute approximate surface area is 143 Å². The number of anilines is 2. The summed E-state index contributed by atoms with van der Waals surface area (Å²) in [7, 11) is -3.61. The first-order valence-corrected chi connectivity index (χ1v) is 9.89. The molecule has 1 aliphatic rings. The molecule has 0 unspecified atom stereocenters. The van der Waals surface area contributed by atoms with Crippen LogP contribution in [0.25, 0.3) is 0 Å². The van der Waals surface area contributed by atoms with Gasteiger partial charge < -0.3 is 5.32 Å². The summed E-state index contributed by atoms with van der Waals surface area (Å²) in [6, 6.07) is 11.0. The van der Waals surface area contributed by atoms with E-state index in [-0.39, 0.29) is 4.90 Å². The van der Waals surface area contributed by atoms with Crippen LogP contribution in [0.4, 0.5) is 11.5 Å². The van der Waals surface area contributed by atoms with E-state index >= 15 is 0 Å². The van der Waals surface area contributed by atoms with Gasteiger partial charge in [0, 0.05) is 6.04 Å². The molecule has 2 N–H and O–H groups in total. The van der Waals surface area contributed by atoms with Crippen molar-refractivity contribution >= 4 is 21.5 Å². The van der Waals surface area contributed by atoms with Crippen LogP contribution in [-0.2, 0) is 16.4 Å². The number of nitrogens with one attached hydrogen (secondary N) is 2. The van der Waals surface area contributed by atoms with Crippen molar-refractivity contribution in [2.24, 2.45) is 0 Å². The Hall–Kier alpha value is -2.08. The number of pyridine rings is 1. The summed E-state index contributed by atoms with van der Waals surface area (Å²) < 4.78 is 27.3. The fraction of sp³-hybridized carbons (Fsp3) is 0.389. The molecule has 24 heavy (non-hydrogen) atoms. The molecule has 2 aromatic rings. The van der Waals surface area contributed by atoms with Crippen LogP contribution in [0.15, 0.2) is 47.5 Å². The van der Waals surface area contributed by atoms with Gasteiger partial charge in [-0.2, -0.15) is 0 Å². The molecule has 1 heterocycles. The molecule has 0 aliphatic heterocycles. The fourth-order valence-corrected chi connectivity index (χ4v) is 3.95. The van der Waals surface area contributed by atoms with Crippen molar-refractivity contribution in [1.82, 2.24) is 4.98 Å². The lowest BCUT2D eigenvalue weighted by Crippen LogP contribution is -2.16. The fourth-order valence-electron chi connectivity index (χ4n) is 2.95. The normalized spacial score (nSPS) is 15.4. The van der Waals surface area contributed by atoms with Gasteiger partial charge in [0.2, 0.25) is 0 Å². The quantitative estimate of drug-likeness (QED) is 0.835. The van der Waals surface area contributed by atoms with E-state index in [0.29, 0.717) is 11.9 Å². The van der Waals surface area contributed by atoms with Crippen molar-refractivity contribution in [3.05, 3.63) is 48.2 Å². The van der Waals surface area contributed by atoms with E-state index in [4.69, 9.17) is 0 Å². The molecule has 5 nitrogen and oxygen atoms in total. The Morgan fingerprint density at radius 1 is 1.08 bits per heavy atom. The molecule has 128 valence electrons. The van der Waals surface area contributed by atoms with Gasteiger partial charge in [-0.1, -0.05) is 31.9 Å². The van der Waals surface area contributed by atoms with Crippen molar-refractivity contribution in [2.45, 2.75) is 50.0 Å². The lowest BCUT2D eigenvalue weighted by atomic mass is 10.2. The molecular weight excluding hydrogens is 322 g/mol. The van der Waals surface area contributed by atoms with Crippen LogP contribution in [0.1, 0.15) is 38.2 Å². The maximum Gasteiger partial charge on any atom is 0.263 e. The van der Waals surface area contributed by atoms with E-state index in [1.807, 2.05) is 25.1 Å². The zero-order chi connectivity index (χ0) is 17.0. The third-order valence-corrected chi connectivity index (χ3v) is 5.74. The first-order valence-electron chi connectivity index (χ1n) is 8.41. The highest BCUT2D eigenvalue weighted by Crippen LogP contribution is 2.23. The van der Waals surface area contributed by atoms with Crippen LogP contribution in [0, 0.1) is 0 Å². The maximum atomic E-state index is 12.4. The monoisotopic (exact) mass is 345 g/mol.